The second-order valence-electron chi connectivity index (χ2n) is 8.75. The van der Waals surface area contributed by atoms with Gasteiger partial charge in [-0.1, -0.05) is 53.0 Å². The van der Waals surface area contributed by atoms with E-state index in [4.69, 9.17) is 27.9 Å². The van der Waals surface area contributed by atoms with Crippen LogP contribution in [0.2, 0.25) is 10.0 Å². The van der Waals surface area contributed by atoms with Gasteiger partial charge in [0.15, 0.2) is 6.61 Å². The third-order valence-electron chi connectivity index (χ3n) is 5.93. The van der Waals surface area contributed by atoms with Gasteiger partial charge in [0.1, 0.15) is 5.82 Å². The molecule has 1 heterocycles. The van der Waals surface area contributed by atoms with Crippen molar-refractivity contribution in [2.75, 3.05) is 11.9 Å². The molecule has 0 fully saturated rings. The van der Waals surface area contributed by atoms with E-state index in [2.05, 4.69) is 31.3 Å². The van der Waals surface area contributed by atoms with Gasteiger partial charge in [-0.05, 0) is 55.0 Å². The Bertz CT molecular complexity index is 1690. The molecule has 1 N–H and O–H groups in total. The number of nitrogens with zero attached hydrogens (tertiary/aromatic N) is 4. The average Bonchev–Trinajstić information content (AvgIpc) is 2.92. The molecule has 13 heteroatoms. The monoisotopic (exact) mass is 645 g/mol. The quantitative estimate of drug-likeness (QED) is 0.121. The smallest absolute Gasteiger partial charge is 0.313 e. The molecule has 0 aliphatic carbocycles. The fourth-order valence-electron chi connectivity index (χ4n) is 3.72. The zero-order valence-corrected chi connectivity index (χ0v) is 24.3. The summed E-state index contributed by atoms with van der Waals surface area (Å²) in [5.74, 6) is -0.466. The Morgan fingerprint density at radius 3 is 2.62 bits per heavy atom. The lowest BCUT2D eigenvalue weighted by Crippen LogP contribution is -2.23. The summed E-state index contributed by atoms with van der Waals surface area (Å²) in [6.07, 6.45) is 1.99. The SMILES string of the molecule is CC[C@H](C)c1nc2ccc(Br)cc2c(=O)n1N=Cc1cc(Cl)c(OCC(=O)Nc2ccc(Cl)cc2)c([N+](=O)[O-])c1. The van der Waals surface area contributed by atoms with Crippen LogP contribution in [-0.4, -0.2) is 33.3 Å². The molecule has 3 aromatic carbocycles. The number of carbonyl (C=O) groups excluding carboxylic acids is 1. The number of anilines is 1. The molecule has 10 nitrogen and oxygen atoms in total. The number of amides is 1. The number of aromatic nitrogens is 2. The highest BCUT2D eigenvalue weighted by Gasteiger charge is 2.22. The number of hydrogen-bond donors (Lipinski definition) is 1. The maximum Gasteiger partial charge on any atom is 0.313 e. The molecule has 0 aliphatic heterocycles. The van der Waals surface area contributed by atoms with E-state index in [1.54, 1.807) is 42.5 Å². The molecular formula is C27H22BrCl2N5O5. The van der Waals surface area contributed by atoms with Gasteiger partial charge in [-0.25, -0.2) is 4.98 Å². The minimum atomic E-state index is -0.679. The molecular weight excluding hydrogens is 625 g/mol. The van der Waals surface area contributed by atoms with Crippen LogP contribution < -0.4 is 15.6 Å². The molecule has 0 radical (unpaired) electrons. The van der Waals surface area contributed by atoms with Crippen LogP contribution in [0, 0.1) is 10.1 Å². The predicted molar refractivity (Wildman–Crippen MR) is 159 cm³/mol. The van der Waals surface area contributed by atoms with E-state index in [-0.39, 0.29) is 27.8 Å². The highest BCUT2D eigenvalue weighted by molar-refractivity contribution is 9.10. The molecule has 0 spiro atoms. The standard InChI is InChI=1S/C27H22BrCl2N5O5/c1-3-15(2)26-33-22-9-4-17(28)12-20(22)27(37)34(26)31-13-16-10-21(30)25(23(11-16)35(38)39)40-14-24(36)32-19-7-5-18(29)6-8-19/h4-13,15H,3,14H2,1-2H3,(H,32,36)/t15-/m0/s1. The molecule has 0 saturated carbocycles. The van der Waals surface area contributed by atoms with E-state index in [9.17, 15) is 19.7 Å². The van der Waals surface area contributed by atoms with Crippen LogP contribution in [-0.2, 0) is 4.79 Å². The van der Waals surface area contributed by atoms with Crippen LogP contribution in [0.1, 0.15) is 37.6 Å². The summed E-state index contributed by atoms with van der Waals surface area (Å²) in [7, 11) is 0. The van der Waals surface area contributed by atoms with E-state index in [0.717, 1.165) is 0 Å². The average molecular weight is 647 g/mol. The number of nitro groups is 1. The van der Waals surface area contributed by atoms with Crippen LogP contribution in [0.4, 0.5) is 11.4 Å². The lowest BCUT2D eigenvalue weighted by atomic mass is 10.1. The number of benzene rings is 3. The van der Waals surface area contributed by atoms with Crippen LogP contribution >= 0.6 is 39.1 Å². The second kappa shape index (κ2) is 12.6. The summed E-state index contributed by atoms with van der Waals surface area (Å²) in [6, 6.07) is 14.2. The molecule has 1 amide bonds. The van der Waals surface area contributed by atoms with E-state index in [1.165, 1.54) is 23.0 Å². The summed E-state index contributed by atoms with van der Waals surface area (Å²) in [6.45, 7) is 3.37. The molecule has 40 heavy (non-hydrogen) atoms. The number of nitrogens with one attached hydrogen (secondary N) is 1. The zero-order valence-electron chi connectivity index (χ0n) is 21.2. The van der Waals surface area contributed by atoms with Gasteiger partial charge in [0, 0.05) is 32.7 Å². The van der Waals surface area contributed by atoms with Gasteiger partial charge in [0.05, 0.1) is 27.1 Å². The van der Waals surface area contributed by atoms with E-state index >= 15 is 0 Å². The Labute approximate surface area is 246 Å². The Morgan fingerprint density at radius 1 is 1.23 bits per heavy atom. The number of nitro benzene ring substituents is 1. The Morgan fingerprint density at radius 2 is 1.95 bits per heavy atom. The highest BCUT2D eigenvalue weighted by Crippen LogP contribution is 2.36. The number of hydrogen-bond acceptors (Lipinski definition) is 7. The molecule has 0 unspecified atom stereocenters. The number of fused-ring (bicyclic) bond motifs is 1. The van der Waals surface area contributed by atoms with Gasteiger partial charge >= 0.3 is 5.69 Å². The molecule has 0 aliphatic rings. The first kappa shape index (κ1) is 29.2. The van der Waals surface area contributed by atoms with Crippen LogP contribution in [0.25, 0.3) is 10.9 Å². The van der Waals surface area contributed by atoms with Gasteiger partial charge in [-0.2, -0.15) is 9.78 Å². The summed E-state index contributed by atoms with van der Waals surface area (Å²) in [5.41, 5.74) is 0.405. The maximum atomic E-state index is 13.3. The maximum absolute atomic E-state index is 13.3. The summed E-state index contributed by atoms with van der Waals surface area (Å²) in [4.78, 5) is 41.4. The van der Waals surface area contributed by atoms with Gasteiger partial charge in [0.2, 0.25) is 5.75 Å². The van der Waals surface area contributed by atoms with Crippen LogP contribution in [0.3, 0.4) is 0 Å². The molecule has 0 bridgehead atoms. The lowest BCUT2D eigenvalue weighted by Gasteiger charge is -2.14. The number of halogens is 3. The summed E-state index contributed by atoms with van der Waals surface area (Å²) in [5, 5.41) is 19.5. The van der Waals surface area contributed by atoms with Crippen LogP contribution in [0.5, 0.6) is 5.75 Å². The van der Waals surface area contributed by atoms with Gasteiger partial charge < -0.3 is 10.1 Å². The van der Waals surface area contributed by atoms with Crippen molar-refractivity contribution in [3.05, 3.63) is 101 Å². The lowest BCUT2D eigenvalue weighted by molar-refractivity contribution is -0.385. The second-order valence-corrected chi connectivity index (χ2v) is 10.5. The van der Waals surface area contributed by atoms with E-state index in [0.29, 0.717) is 38.3 Å². The molecule has 0 saturated heterocycles. The summed E-state index contributed by atoms with van der Waals surface area (Å²) < 4.78 is 7.32. The van der Waals surface area contributed by atoms with E-state index in [1.807, 2.05) is 13.8 Å². The van der Waals surface area contributed by atoms with Crippen LogP contribution in [0.15, 0.2) is 69.0 Å². The topological polar surface area (TPSA) is 129 Å². The third kappa shape index (κ3) is 6.67. The van der Waals surface area contributed by atoms with Crippen molar-refractivity contribution in [3.63, 3.8) is 0 Å². The van der Waals surface area contributed by atoms with Gasteiger partial charge in [0.25, 0.3) is 11.5 Å². The third-order valence-corrected chi connectivity index (χ3v) is 6.95. The number of ether oxygens (including phenoxy) is 1. The largest absolute Gasteiger partial charge is 0.476 e. The minimum Gasteiger partial charge on any atom is -0.476 e. The van der Waals surface area contributed by atoms with Crippen molar-refractivity contribution in [2.24, 2.45) is 5.10 Å². The summed E-state index contributed by atoms with van der Waals surface area (Å²) >= 11 is 15.5. The van der Waals surface area contributed by atoms with E-state index < -0.39 is 23.1 Å². The van der Waals surface area contributed by atoms with Crippen molar-refractivity contribution in [2.45, 2.75) is 26.2 Å². The van der Waals surface area contributed by atoms with Gasteiger partial charge in [-0.3, -0.25) is 19.7 Å². The normalized spacial score (nSPS) is 12.0. The van der Waals surface area contributed by atoms with Crippen molar-refractivity contribution in [3.8, 4) is 5.75 Å². The highest BCUT2D eigenvalue weighted by atomic mass is 79.9. The van der Waals surface area contributed by atoms with Crippen molar-refractivity contribution in [1.82, 2.24) is 9.66 Å². The number of rotatable bonds is 9. The predicted octanol–water partition coefficient (Wildman–Crippen LogP) is 6.79. The molecule has 206 valence electrons. The first-order valence-electron chi connectivity index (χ1n) is 12.0. The first-order valence-corrected chi connectivity index (χ1v) is 13.5. The minimum absolute atomic E-state index is 0.0920. The van der Waals surface area contributed by atoms with Crippen molar-refractivity contribution >= 4 is 73.5 Å². The molecule has 4 rings (SSSR count). The van der Waals surface area contributed by atoms with Crippen molar-refractivity contribution in [1.29, 1.82) is 0 Å². The molecule has 1 aromatic heterocycles. The molecule has 4 aromatic rings. The Balaban J connectivity index is 1.64. The Kier molecular flexibility index (Phi) is 9.18. The van der Waals surface area contributed by atoms with Crippen molar-refractivity contribution < 1.29 is 14.5 Å². The molecule has 1 atom stereocenters. The first-order chi connectivity index (χ1) is 19.1. The fourth-order valence-corrected chi connectivity index (χ4v) is 4.49. The fraction of sp³-hybridized carbons (Fsp3) is 0.185. The number of carbonyl (C=O) groups is 1. The zero-order chi connectivity index (χ0) is 29.0. The van der Waals surface area contributed by atoms with Gasteiger partial charge in [-0.15, -0.1) is 0 Å². The Hall–Kier alpha value is -3.80.